The summed E-state index contributed by atoms with van der Waals surface area (Å²) in [5.41, 5.74) is 2.57. The molecule has 0 bridgehead atoms. The Morgan fingerprint density at radius 2 is 1.76 bits per heavy atom. The molecule has 0 aliphatic carbocycles. The lowest BCUT2D eigenvalue weighted by molar-refractivity contribution is -0.145. The number of amides is 1. The van der Waals surface area contributed by atoms with E-state index in [1.54, 1.807) is 6.08 Å². The van der Waals surface area contributed by atoms with Crippen molar-refractivity contribution in [3.05, 3.63) is 105 Å². The molecule has 4 rings (SSSR count). The van der Waals surface area contributed by atoms with Gasteiger partial charge in [-0.1, -0.05) is 90.2 Å². The number of nitrogens with zero attached hydrogens (tertiary/aromatic N) is 1. The second kappa shape index (κ2) is 10.9. The Kier molecular flexibility index (Phi) is 7.67. The topological polar surface area (TPSA) is 66.8 Å². The van der Waals surface area contributed by atoms with Crippen molar-refractivity contribution in [2.75, 3.05) is 0 Å². The summed E-state index contributed by atoms with van der Waals surface area (Å²) < 4.78 is 6.03. The molecular formula is C26H20ClNO4S2. The van der Waals surface area contributed by atoms with Crippen LogP contribution in [0.15, 0.2) is 83.8 Å². The highest BCUT2D eigenvalue weighted by molar-refractivity contribution is 8.26. The van der Waals surface area contributed by atoms with Gasteiger partial charge in [0, 0.05) is 11.4 Å². The van der Waals surface area contributed by atoms with E-state index in [1.165, 1.54) is 4.90 Å². The van der Waals surface area contributed by atoms with Crippen LogP contribution in [-0.2, 0) is 22.6 Å². The van der Waals surface area contributed by atoms with Crippen LogP contribution in [0.25, 0.3) is 6.08 Å². The number of thioether (sulfide) groups is 1. The lowest BCUT2D eigenvalue weighted by atomic mass is 10.0. The Balaban J connectivity index is 1.45. The minimum atomic E-state index is -1.09. The molecule has 0 aromatic heterocycles. The number of halogens is 1. The van der Waals surface area contributed by atoms with E-state index >= 15 is 0 Å². The van der Waals surface area contributed by atoms with Gasteiger partial charge in [-0.3, -0.25) is 9.69 Å². The van der Waals surface area contributed by atoms with Crippen LogP contribution >= 0.6 is 35.6 Å². The number of thiocarbonyl (C=S) groups is 1. The van der Waals surface area contributed by atoms with Gasteiger partial charge < -0.3 is 9.84 Å². The molecule has 1 aliphatic rings. The van der Waals surface area contributed by atoms with Gasteiger partial charge in [0.15, 0.2) is 0 Å². The zero-order valence-corrected chi connectivity index (χ0v) is 20.3. The Morgan fingerprint density at radius 1 is 1.06 bits per heavy atom. The third-order valence-electron chi connectivity index (χ3n) is 5.16. The van der Waals surface area contributed by atoms with E-state index in [0.717, 1.165) is 28.5 Å². The predicted octanol–water partition coefficient (Wildman–Crippen LogP) is 5.82. The van der Waals surface area contributed by atoms with Crippen molar-refractivity contribution in [1.82, 2.24) is 4.90 Å². The maximum atomic E-state index is 13.1. The first-order valence-electron chi connectivity index (χ1n) is 10.4. The predicted molar refractivity (Wildman–Crippen MR) is 139 cm³/mol. The Hall–Kier alpha value is -3.13. The molecule has 1 N–H and O–H groups in total. The zero-order valence-electron chi connectivity index (χ0n) is 17.9. The molecule has 172 valence electrons. The van der Waals surface area contributed by atoms with Crippen molar-refractivity contribution in [1.29, 1.82) is 0 Å². The molecule has 0 unspecified atom stereocenters. The maximum Gasteiger partial charge on any atom is 0.327 e. The smallest absolute Gasteiger partial charge is 0.327 e. The van der Waals surface area contributed by atoms with Gasteiger partial charge in [-0.05, 0) is 47.0 Å². The number of ether oxygens (including phenoxy) is 1. The molecule has 1 heterocycles. The average Bonchev–Trinajstić information content (AvgIpc) is 3.10. The molecule has 3 aromatic rings. The molecule has 34 heavy (non-hydrogen) atoms. The molecule has 1 saturated heterocycles. The Labute approximate surface area is 212 Å². The number of rotatable bonds is 8. The van der Waals surface area contributed by atoms with Crippen LogP contribution in [0.3, 0.4) is 0 Å². The van der Waals surface area contributed by atoms with Crippen LogP contribution in [0.2, 0.25) is 5.02 Å². The standard InChI is InChI=1S/C26H20ClNO4S2/c27-20-8-4-7-19(13-20)16-32-21-11-9-18(10-12-21)15-23-24(29)28(26(33)34-23)22(25(30)31)14-17-5-2-1-3-6-17/h1-13,15,22H,14,16H2,(H,30,31)/b23-15-/t22-/m0/s1. The van der Waals surface area contributed by atoms with E-state index in [-0.39, 0.29) is 10.7 Å². The highest BCUT2D eigenvalue weighted by atomic mass is 35.5. The first kappa shape index (κ1) is 24.0. The van der Waals surface area contributed by atoms with E-state index in [1.807, 2.05) is 78.9 Å². The van der Waals surface area contributed by atoms with E-state index < -0.39 is 17.9 Å². The van der Waals surface area contributed by atoms with Crippen molar-refractivity contribution in [2.45, 2.75) is 19.1 Å². The number of carboxylic acids is 1. The molecule has 1 aliphatic heterocycles. The summed E-state index contributed by atoms with van der Waals surface area (Å²) in [5, 5.41) is 10.4. The highest BCUT2D eigenvalue weighted by Gasteiger charge is 2.40. The molecule has 0 saturated carbocycles. The first-order chi connectivity index (χ1) is 16.4. The van der Waals surface area contributed by atoms with Crippen LogP contribution in [0.4, 0.5) is 0 Å². The van der Waals surface area contributed by atoms with Crippen molar-refractivity contribution in [3.8, 4) is 5.75 Å². The summed E-state index contributed by atoms with van der Waals surface area (Å²) in [6.07, 6.45) is 1.88. The van der Waals surface area contributed by atoms with Gasteiger partial charge in [0.05, 0.1) is 4.91 Å². The zero-order chi connectivity index (χ0) is 24.1. The van der Waals surface area contributed by atoms with Gasteiger partial charge in [-0.2, -0.15) is 0 Å². The quantitative estimate of drug-likeness (QED) is 0.305. The number of carboxylic acid groups (broad SMARTS) is 1. The van der Waals surface area contributed by atoms with E-state index in [9.17, 15) is 14.7 Å². The molecule has 3 aromatic carbocycles. The van der Waals surface area contributed by atoms with Crippen molar-refractivity contribution >= 4 is 57.9 Å². The second-order valence-corrected chi connectivity index (χ2v) is 9.70. The Morgan fingerprint density at radius 3 is 2.44 bits per heavy atom. The summed E-state index contributed by atoms with van der Waals surface area (Å²) in [4.78, 5) is 26.6. The monoisotopic (exact) mass is 509 g/mol. The van der Waals surface area contributed by atoms with Crippen LogP contribution in [0, 0.1) is 0 Å². The van der Waals surface area contributed by atoms with Gasteiger partial charge in [-0.25, -0.2) is 4.79 Å². The lowest BCUT2D eigenvalue weighted by Gasteiger charge is -2.23. The summed E-state index contributed by atoms with van der Waals surface area (Å²) in [5.74, 6) is -0.819. The number of carbonyl (C=O) groups excluding carboxylic acids is 1. The number of hydrogen-bond acceptors (Lipinski definition) is 5. The largest absolute Gasteiger partial charge is 0.489 e. The number of carbonyl (C=O) groups is 2. The summed E-state index contributed by atoms with van der Waals surface area (Å²) in [6, 6.07) is 22.9. The molecule has 1 atom stereocenters. The Bertz CT molecular complexity index is 1250. The maximum absolute atomic E-state index is 13.1. The molecular weight excluding hydrogens is 490 g/mol. The van der Waals surface area contributed by atoms with E-state index in [4.69, 9.17) is 28.6 Å². The summed E-state index contributed by atoms with van der Waals surface area (Å²) in [6.45, 7) is 0.385. The fraction of sp³-hybridized carbons (Fsp3) is 0.115. The van der Waals surface area contributed by atoms with Crippen LogP contribution in [0.1, 0.15) is 16.7 Å². The molecule has 1 amide bonds. The third-order valence-corrected chi connectivity index (χ3v) is 6.73. The van der Waals surface area contributed by atoms with Gasteiger partial charge in [-0.15, -0.1) is 0 Å². The van der Waals surface area contributed by atoms with Crippen LogP contribution < -0.4 is 4.74 Å². The average molecular weight is 510 g/mol. The van der Waals surface area contributed by atoms with Gasteiger partial charge in [0.1, 0.15) is 22.7 Å². The number of hydrogen-bond donors (Lipinski definition) is 1. The fourth-order valence-electron chi connectivity index (χ4n) is 3.48. The number of aliphatic carboxylic acids is 1. The number of benzene rings is 3. The molecule has 1 fully saturated rings. The van der Waals surface area contributed by atoms with Crippen LogP contribution in [-0.4, -0.2) is 32.2 Å². The van der Waals surface area contributed by atoms with Gasteiger partial charge >= 0.3 is 5.97 Å². The molecule has 0 radical (unpaired) electrons. The SMILES string of the molecule is O=C(O)[C@H](Cc1ccccc1)N1C(=O)/C(=C/c2ccc(OCc3cccc(Cl)c3)cc2)SC1=S. The van der Waals surface area contributed by atoms with Crippen molar-refractivity contribution < 1.29 is 19.4 Å². The van der Waals surface area contributed by atoms with E-state index in [0.29, 0.717) is 22.3 Å². The van der Waals surface area contributed by atoms with Crippen molar-refractivity contribution in [3.63, 3.8) is 0 Å². The minimum Gasteiger partial charge on any atom is -0.489 e. The van der Waals surface area contributed by atoms with Crippen molar-refractivity contribution in [2.24, 2.45) is 0 Å². The fourth-order valence-corrected chi connectivity index (χ4v) is 5.05. The van der Waals surface area contributed by atoms with E-state index in [2.05, 4.69) is 0 Å². The highest BCUT2D eigenvalue weighted by Crippen LogP contribution is 2.35. The first-order valence-corrected chi connectivity index (χ1v) is 12.0. The third kappa shape index (κ3) is 5.86. The molecule has 5 nitrogen and oxygen atoms in total. The van der Waals surface area contributed by atoms with Gasteiger partial charge in [0.2, 0.25) is 0 Å². The molecule has 8 heteroatoms. The van der Waals surface area contributed by atoms with Crippen LogP contribution in [0.5, 0.6) is 5.75 Å². The second-order valence-electron chi connectivity index (χ2n) is 7.58. The normalized spacial score (nSPS) is 15.6. The summed E-state index contributed by atoms with van der Waals surface area (Å²) >= 11 is 12.5. The summed E-state index contributed by atoms with van der Waals surface area (Å²) in [7, 11) is 0. The van der Waals surface area contributed by atoms with Gasteiger partial charge in [0.25, 0.3) is 5.91 Å². The lowest BCUT2D eigenvalue weighted by Crippen LogP contribution is -2.45. The minimum absolute atomic E-state index is 0.175. The molecule has 0 spiro atoms.